The third-order valence-electron chi connectivity index (χ3n) is 4.15. The lowest BCUT2D eigenvalue weighted by Gasteiger charge is -2.22. The van der Waals surface area contributed by atoms with Crippen molar-refractivity contribution in [2.45, 2.75) is 46.0 Å². The van der Waals surface area contributed by atoms with Gasteiger partial charge in [0.05, 0.1) is 23.7 Å². The summed E-state index contributed by atoms with van der Waals surface area (Å²) in [5.41, 5.74) is 0. The van der Waals surface area contributed by atoms with Crippen LogP contribution in [0.5, 0.6) is 0 Å². The Hall–Kier alpha value is -2.12. The van der Waals surface area contributed by atoms with Gasteiger partial charge in [-0.05, 0) is 25.7 Å². The summed E-state index contributed by atoms with van der Waals surface area (Å²) in [6, 6.07) is 0. The van der Waals surface area contributed by atoms with E-state index in [9.17, 15) is 19.2 Å². The first kappa shape index (κ1) is 20.9. The van der Waals surface area contributed by atoms with Crippen LogP contribution < -0.4 is 0 Å². The molecule has 4 N–H and O–H groups in total. The molecule has 0 radical (unpaired) electrons. The van der Waals surface area contributed by atoms with E-state index in [-0.39, 0.29) is 32.1 Å². The molecule has 0 aromatic carbocycles. The average molecular weight is 332 g/mol. The molecule has 0 amide bonds. The van der Waals surface area contributed by atoms with Gasteiger partial charge in [0.2, 0.25) is 0 Å². The van der Waals surface area contributed by atoms with Gasteiger partial charge in [-0.2, -0.15) is 0 Å². The van der Waals surface area contributed by atoms with Gasteiger partial charge in [0.15, 0.2) is 0 Å². The monoisotopic (exact) mass is 332 g/mol. The summed E-state index contributed by atoms with van der Waals surface area (Å²) in [7, 11) is 0. The first-order valence-corrected chi connectivity index (χ1v) is 7.58. The van der Waals surface area contributed by atoms with Crippen LogP contribution in [-0.2, 0) is 19.2 Å². The molecule has 0 saturated heterocycles. The van der Waals surface area contributed by atoms with Crippen molar-refractivity contribution >= 4 is 23.9 Å². The summed E-state index contributed by atoms with van der Waals surface area (Å²) in [4.78, 5) is 44.7. The van der Waals surface area contributed by atoms with E-state index < -0.39 is 47.5 Å². The smallest absolute Gasteiger partial charge is 0.307 e. The van der Waals surface area contributed by atoms with Gasteiger partial charge in [-0.25, -0.2) is 0 Å². The van der Waals surface area contributed by atoms with E-state index >= 15 is 0 Å². The summed E-state index contributed by atoms with van der Waals surface area (Å²) in [6.45, 7) is 3.15. The Bertz CT molecular complexity index is 405. The predicted molar refractivity (Wildman–Crippen MR) is 78.9 cm³/mol. The maximum absolute atomic E-state index is 11.2. The first-order chi connectivity index (χ1) is 10.7. The van der Waals surface area contributed by atoms with E-state index in [0.29, 0.717) is 0 Å². The SMILES string of the molecule is CCC(C(=O)O)C(CCCC(C(=O)O)C(CC)C(=O)O)C(=O)O. The number of carboxylic acid groups (broad SMARTS) is 4. The number of hydrogen-bond acceptors (Lipinski definition) is 4. The Balaban J connectivity index is 4.90. The van der Waals surface area contributed by atoms with Gasteiger partial charge in [-0.15, -0.1) is 0 Å². The molecule has 8 heteroatoms. The van der Waals surface area contributed by atoms with Gasteiger partial charge < -0.3 is 20.4 Å². The highest BCUT2D eigenvalue weighted by Gasteiger charge is 2.35. The van der Waals surface area contributed by atoms with E-state index in [0.717, 1.165) is 0 Å². The third-order valence-corrected chi connectivity index (χ3v) is 4.15. The quantitative estimate of drug-likeness (QED) is 0.422. The fourth-order valence-electron chi connectivity index (χ4n) is 2.81. The third kappa shape index (κ3) is 6.25. The van der Waals surface area contributed by atoms with Gasteiger partial charge >= 0.3 is 23.9 Å². The zero-order chi connectivity index (χ0) is 18.2. The minimum absolute atomic E-state index is 0.0000265. The van der Waals surface area contributed by atoms with Gasteiger partial charge in [-0.1, -0.05) is 20.3 Å². The molecule has 4 atom stereocenters. The minimum atomic E-state index is -1.24. The fourth-order valence-corrected chi connectivity index (χ4v) is 2.81. The van der Waals surface area contributed by atoms with E-state index in [1.54, 1.807) is 13.8 Å². The van der Waals surface area contributed by atoms with Crippen molar-refractivity contribution in [2.24, 2.45) is 23.7 Å². The zero-order valence-corrected chi connectivity index (χ0v) is 13.3. The molecule has 0 aliphatic carbocycles. The molecule has 0 saturated carbocycles. The molecule has 0 aliphatic heterocycles. The van der Waals surface area contributed by atoms with E-state index in [4.69, 9.17) is 20.4 Å². The van der Waals surface area contributed by atoms with Crippen molar-refractivity contribution in [3.05, 3.63) is 0 Å². The molecule has 0 heterocycles. The molecule has 132 valence electrons. The number of carbonyl (C=O) groups is 4. The second-order valence-electron chi connectivity index (χ2n) is 5.53. The van der Waals surface area contributed by atoms with Crippen molar-refractivity contribution in [1.29, 1.82) is 0 Å². The zero-order valence-electron chi connectivity index (χ0n) is 13.3. The average Bonchev–Trinajstić information content (AvgIpc) is 2.43. The number of aliphatic carboxylic acids is 4. The Morgan fingerprint density at radius 1 is 0.609 bits per heavy atom. The molecular formula is C15H24O8. The minimum Gasteiger partial charge on any atom is -0.481 e. The lowest BCUT2D eigenvalue weighted by Crippen LogP contribution is -2.31. The predicted octanol–water partition coefficient (Wildman–Crippen LogP) is 1.78. The van der Waals surface area contributed by atoms with Gasteiger partial charge in [0.25, 0.3) is 0 Å². The highest BCUT2D eigenvalue weighted by atomic mass is 16.4. The molecule has 0 spiro atoms. The summed E-state index contributed by atoms with van der Waals surface area (Å²) < 4.78 is 0. The molecule has 0 rings (SSSR count). The van der Waals surface area contributed by atoms with E-state index in [2.05, 4.69) is 0 Å². The van der Waals surface area contributed by atoms with Crippen LogP contribution in [0, 0.1) is 23.7 Å². The van der Waals surface area contributed by atoms with Crippen molar-refractivity contribution in [1.82, 2.24) is 0 Å². The highest BCUT2D eigenvalue weighted by Crippen LogP contribution is 2.27. The van der Waals surface area contributed by atoms with Gasteiger partial charge in [0.1, 0.15) is 0 Å². The van der Waals surface area contributed by atoms with Crippen LogP contribution >= 0.6 is 0 Å². The van der Waals surface area contributed by atoms with Crippen LogP contribution in [0.25, 0.3) is 0 Å². The Morgan fingerprint density at radius 2 is 0.870 bits per heavy atom. The lowest BCUT2D eigenvalue weighted by atomic mass is 9.82. The number of rotatable bonds is 12. The van der Waals surface area contributed by atoms with Gasteiger partial charge in [-0.3, -0.25) is 19.2 Å². The molecular weight excluding hydrogens is 308 g/mol. The van der Waals surface area contributed by atoms with Crippen molar-refractivity contribution < 1.29 is 39.6 Å². The number of carboxylic acids is 4. The molecule has 23 heavy (non-hydrogen) atoms. The van der Waals surface area contributed by atoms with Crippen LogP contribution in [0.2, 0.25) is 0 Å². The van der Waals surface area contributed by atoms with Crippen LogP contribution in [0.4, 0.5) is 0 Å². The second kappa shape index (κ2) is 9.81. The standard InChI is InChI=1S/C15H24O8/c1-3-8(12(16)17)10(14(20)21)6-5-7-11(15(22)23)9(4-2)13(18)19/h8-11H,3-7H2,1-2H3,(H,16,17)(H,18,19)(H,20,21)(H,22,23). The maximum atomic E-state index is 11.2. The first-order valence-electron chi connectivity index (χ1n) is 7.58. The molecule has 0 bridgehead atoms. The van der Waals surface area contributed by atoms with Crippen molar-refractivity contribution in [3.63, 3.8) is 0 Å². The fraction of sp³-hybridized carbons (Fsp3) is 0.733. The Morgan fingerprint density at radius 3 is 1.04 bits per heavy atom. The topological polar surface area (TPSA) is 149 Å². The van der Waals surface area contributed by atoms with E-state index in [1.165, 1.54) is 0 Å². The van der Waals surface area contributed by atoms with Crippen LogP contribution in [0.15, 0.2) is 0 Å². The Labute approximate surface area is 134 Å². The molecule has 0 aromatic rings. The normalized spacial score (nSPS) is 16.1. The van der Waals surface area contributed by atoms with Crippen LogP contribution in [0.1, 0.15) is 46.0 Å². The van der Waals surface area contributed by atoms with Crippen molar-refractivity contribution in [2.75, 3.05) is 0 Å². The summed E-state index contributed by atoms with van der Waals surface area (Å²) >= 11 is 0. The molecule has 0 fully saturated rings. The molecule has 8 nitrogen and oxygen atoms in total. The number of hydrogen-bond donors (Lipinski definition) is 4. The molecule has 0 aromatic heterocycles. The van der Waals surface area contributed by atoms with E-state index in [1.807, 2.05) is 0 Å². The largest absolute Gasteiger partial charge is 0.481 e. The second-order valence-corrected chi connectivity index (χ2v) is 5.53. The molecule has 4 unspecified atom stereocenters. The van der Waals surface area contributed by atoms with Gasteiger partial charge in [0, 0.05) is 0 Å². The highest BCUT2D eigenvalue weighted by molar-refractivity contribution is 5.80. The summed E-state index contributed by atoms with van der Waals surface area (Å²) in [6.07, 6.45) is 0.449. The maximum Gasteiger partial charge on any atom is 0.307 e. The Kier molecular flexibility index (Phi) is 8.90. The van der Waals surface area contributed by atoms with Crippen LogP contribution in [-0.4, -0.2) is 44.3 Å². The summed E-state index contributed by atoms with van der Waals surface area (Å²) in [5, 5.41) is 36.4. The lowest BCUT2D eigenvalue weighted by molar-refractivity contribution is -0.155. The molecule has 0 aliphatic rings. The summed E-state index contributed by atoms with van der Waals surface area (Å²) in [5.74, 6) is -9.20. The van der Waals surface area contributed by atoms with Crippen LogP contribution in [0.3, 0.4) is 0 Å². The van der Waals surface area contributed by atoms with Crippen molar-refractivity contribution in [3.8, 4) is 0 Å².